The van der Waals surface area contributed by atoms with E-state index < -0.39 is 0 Å². The fourth-order valence-corrected chi connectivity index (χ4v) is 2.01. The Kier molecular flexibility index (Phi) is 4.57. The molecule has 1 heteroatoms. The molecule has 1 nitrogen and oxygen atoms in total. The summed E-state index contributed by atoms with van der Waals surface area (Å²) in [6, 6.07) is 11.2. The molecule has 0 unspecified atom stereocenters. The number of hydrogen-bond acceptors (Lipinski definition) is 1. The smallest absolute Gasteiger partial charge is 0.0345 e. The van der Waals surface area contributed by atoms with Gasteiger partial charge < -0.3 is 0 Å². The number of likely N-dealkylation sites (N-methyl/N-ethyl adjacent to an activating group) is 1. The molecule has 0 amide bonds. The fraction of sp³-hybridized carbons (Fsp3) is 0.429. The molecule has 0 aliphatic heterocycles. The minimum absolute atomic E-state index is 0.503. The van der Waals surface area contributed by atoms with Gasteiger partial charge in [-0.15, -0.1) is 0 Å². The van der Waals surface area contributed by atoms with Crippen molar-refractivity contribution in [1.29, 1.82) is 0 Å². The summed E-state index contributed by atoms with van der Waals surface area (Å²) >= 11 is 0. The molecule has 1 atom stereocenters. The molecule has 1 aromatic rings. The average Bonchev–Trinajstić information content (AvgIpc) is 2.19. The van der Waals surface area contributed by atoms with Gasteiger partial charge in [-0.25, -0.2) is 0 Å². The van der Waals surface area contributed by atoms with Gasteiger partial charge in [0.05, 0.1) is 0 Å². The minimum atomic E-state index is 0.503. The first kappa shape index (κ1) is 12.0. The van der Waals surface area contributed by atoms with Crippen molar-refractivity contribution in [2.75, 3.05) is 13.6 Å². The van der Waals surface area contributed by atoms with Crippen molar-refractivity contribution in [3.63, 3.8) is 0 Å². The van der Waals surface area contributed by atoms with E-state index in [2.05, 4.69) is 62.7 Å². The number of hydrogen-bond donors (Lipinski definition) is 0. The van der Waals surface area contributed by atoms with Crippen LogP contribution in [0.4, 0.5) is 0 Å². The predicted molar refractivity (Wildman–Crippen MR) is 66.9 cm³/mol. The maximum atomic E-state index is 3.96. The van der Waals surface area contributed by atoms with Crippen molar-refractivity contribution in [2.24, 2.45) is 0 Å². The maximum Gasteiger partial charge on any atom is 0.0345 e. The lowest BCUT2D eigenvalue weighted by Gasteiger charge is -2.27. The third-order valence-corrected chi connectivity index (χ3v) is 2.62. The van der Waals surface area contributed by atoms with E-state index in [-0.39, 0.29) is 0 Å². The molecule has 0 radical (unpaired) electrons. The molecule has 0 saturated heterocycles. The minimum Gasteiger partial charge on any atom is -0.295 e. The molecule has 15 heavy (non-hydrogen) atoms. The van der Waals surface area contributed by atoms with Gasteiger partial charge in [-0.05, 0) is 26.0 Å². The van der Waals surface area contributed by atoms with Gasteiger partial charge in [-0.3, -0.25) is 4.90 Å². The summed E-state index contributed by atoms with van der Waals surface area (Å²) < 4.78 is 0. The molecule has 0 heterocycles. The quantitative estimate of drug-likeness (QED) is 0.660. The summed E-state index contributed by atoms with van der Waals surface area (Å²) in [6.45, 7) is 9.24. The van der Waals surface area contributed by atoms with Gasteiger partial charge in [0.25, 0.3) is 0 Å². The Labute approximate surface area is 93.4 Å². The van der Waals surface area contributed by atoms with Crippen molar-refractivity contribution >= 4 is 0 Å². The van der Waals surface area contributed by atoms with Gasteiger partial charge >= 0.3 is 0 Å². The Hall–Kier alpha value is -1.08. The van der Waals surface area contributed by atoms with Gasteiger partial charge in [-0.2, -0.15) is 0 Å². The van der Waals surface area contributed by atoms with E-state index in [1.807, 2.05) is 0 Å². The normalized spacial score (nSPS) is 12.8. The van der Waals surface area contributed by atoms with Crippen LogP contribution in [0.2, 0.25) is 0 Å². The largest absolute Gasteiger partial charge is 0.295 e. The number of rotatable bonds is 5. The Morgan fingerprint density at radius 1 is 1.33 bits per heavy atom. The van der Waals surface area contributed by atoms with Crippen molar-refractivity contribution in [1.82, 2.24) is 4.90 Å². The van der Waals surface area contributed by atoms with Crippen molar-refractivity contribution < 1.29 is 0 Å². The Balaban J connectivity index is 2.75. The van der Waals surface area contributed by atoms with Gasteiger partial charge in [-0.1, -0.05) is 49.4 Å². The number of nitrogens with zero attached hydrogens (tertiary/aromatic N) is 1. The molecule has 1 aromatic carbocycles. The zero-order valence-corrected chi connectivity index (χ0v) is 10.0. The van der Waals surface area contributed by atoms with Gasteiger partial charge in [0.15, 0.2) is 0 Å². The Morgan fingerprint density at radius 2 is 1.93 bits per heavy atom. The Morgan fingerprint density at radius 3 is 2.40 bits per heavy atom. The molecule has 0 fully saturated rings. The van der Waals surface area contributed by atoms with Crippen molar-refractivity contribution in [3.8, 4) is 0 Å². The van der Waals surface area contributed by atoms with E-state index in [1.54, 1.807) is 0 Å². The summed E-state index contributed by atoms with van der Waals surface area (Å²) in [5.74, 6) is 0. The third kappa shape index (κ3) is 3.52. The second kappa shape index (κ2) is 5.72. The van der Waals surface area contributed by atoms with Crippen molar-refractivity contribution in [2.45, 2.75) is 26.3 Å². The second-order valence-corrected chi connectivity index (χ2v) is 4.21. The summed E-state index contributed by atoms with van der Waals surface area (Å²) in [7, 11) is 2.16. The molecular formula is C14H21N. The van der Waals surface area contributed by atoms with E-state index >= 15 is 0 Å². The lowest BCUT2D eigenvalue weighted by atomic mass is 10.0. The standard InChI is InChI=1S/C14H21N/c1-5-14(15(4)11-12(2)3)13-9-7-6-8-10-13/h6-10,14H,2,5,11H2,1,3-4H3/t14-/m0/s1. The zero-order chi connectivity index (χ0) is 11.3. The van der Waals surface area contributed by atoms with Crippen LogP contribution in [0, 0.1) is 0 Å². The first-order valence-corrected chi connectivity index (χ1v) is 5.54. The van der Waals surface area contributed by atoms with Crippen LogP contribution in [0.15, 0.2) is 42.5 Å². The van der Waals surface area contributed by atoms with Crippen LogP contribution in [-0.2, 0) is 0 Å². The highest BCUT2D eigenvalue weighted by Gasteiger charge is 2.13. The first-order valence-electron chi connectivity index (χ1n) is 5.54. The van der Waals surface area contributed by atoms with Crippen LogP contribution in [0.3, 0.4) is 0 Å². The van der Waals surface area contributed by atoms with E-state index in [0.717, 1.165) is 13.0 Å². The fourth-order valence-electron chi connectivity index (χ4n) is 2.01. The zero-order valence-electron chi connectivity index (χ0n) is 10.0. The monoisotopic (exact) mass is 203 g/mol. The highest BCUT2D eigenvalue weighted by molar-refractivity contribution is 5.19. The van der Waals surface area contributed by atoms with Crippen LogP contribution in [0.5, 0.6) is 0 Å². The van der Waals surface area contributed by atoms with Gasteiger partial charge in [0.1, 0.15) is 0 Å². The molecule has 0 saturated carbocycles. The molecule has 0 aromatic heterocycles. The molecule has 1 rings (SSSR count). The molecule has 82 valence electrons. The van der Waals surface area contributed by atoms with Gasteiger partial charge in [0, 0.05) is 12.6 Å². The molecular weight excluding hydrogens is 182 g/mol. The van der Waals surface area contributed by atoms with Crippen LogP contribution in [0.1, 0.15) is 31.9 Å². The summed E-state index contributed by atoms with van der Waals surface area (Å²) in [5, 5.41) is 0. The van der Waals surface area contributed by atoms with Crippen LogP contribution in [-0.4, -0.2) is 18.5 Å². The second-order valence-electron chi connectivity index (χ2n) is 4.21. The summed E-state index contributed by atoms with van der Waals surface area (Å²) in [5.41, 5.74) is 2.61. The molecule has 0 aliphatic carbocycles. The highest BCUT2D eigenvalue weighted by atomic mass is 15.1. The lowest BCUT2D eigenvalue weighted by Crippen LogP contribution is -2.25. The lowest BCUT2D eigenvalue weighted by molar-refractivity contribution is 0.258. The molecule has 0 bridgehead atoms. The highest BCUT2D eigenvalue weighted by Crippen LogP contribution is 2.22. The maximum absolute atomic E-state index is 3.96. The van der Waals surface area contributed by atoms with E-state index in [4.69, 9.17) is 0 Å². The van der Waals surface area contributed by atoms with E-state index in [1.165, 1.54) is 11.1 Å². The predicted octanol–water partition coefficient (Wildman–Crippen LogP) is 3.65. The molecule has 0 aliphatic rings. The van der Waals surface area contributed by atoms with Crippen LogP contribution in [0.25, 0.3) is 0 Å². The topological polar surface area (TPSA) is 3.24 Å². The first-order chi connectivity index (χ1) is 7.15. The van der Waals surface area contributed by atoms with E-state index in [9.17, 15) is 0 Å². The SMILES string of the molecule is C=C(C)CN(C)[C@@H](CC)c1ccccc1. The summed E-state index contributed by atoms with van der Waals surface area (Å²) in [4.78, 5) is 2.36. The summed E-state index contributed by atoms with van der Waals surface area (Å²) in [6.07, 6.45) is 1.13. The molecule has 0 spiro atoms. The van der Waals surface area contributed by atoms with Crippen molar-refractivity contribution in [3.05, 3.63) is 48.0 Å². The average molecular weight is 203 g/mol. The van der Waals surface area contributed by atoms with Gasteiger partial charge in [0.2, 0.25) is 0 Å². The van der Waals surface area contributed by atoms with Crippen LogP contribution >= 0.6 is 0 Å². The van der Waals surface area contributed by atoms with E-state index in [0.29, 0.717) is 6.04 Å². The Bertz CT molecular complexity index is 302. The number of benzene rings is 1. The van der Waals surface area contributed by atoms with Crippen LogP contribution < -0.4 is 0 Å². The molecule has 0 N–H and O–H groups in total. The third-order valence-electron chi connectivity index (χ3n) is 2.62.